The summed E-state index contributed by atoms with van der Waals surface area (Å²) in [5, 5.41) is 0. The summed E-state index contributed by atoms with van der Waals surface area (Å²) in [4.78, 5) is 3.25. The molecule has 1 aromatic heterocycles. The van der Waals surface area contributed by atoms with Gasteiger partial charge in [-0.05, 0) is 25.0 Å². The van der Waals surface area contributed by atoms with Crippen LogP contribution in [-0.4, -0.2) is 4.98 Å². The molecule has 1 N–H and O–H groups in total. The van der Waals surface area contributed by atoms with Crippen molar-refractivity contribution < 1.29 is 0 Å². The lowest BCUT2D eigenvalue weighted by Crippen LogP contribution is -1.85. The summed E-state index contributed by atoms with van der Waals surface area (Å²) in [6.45, 7) is 2.27. The molecule has 0 aromatic carbocycles. The molecule has 0 spiro atoms. The molecule has 0 radical (unpaired) electrons. The third kappa shape index (κ3) is 5.11. The highest BCUT2D eigenvalue weighted by atomic mass is 14.7. The van der Waals surface area contributed by atoms with Crippen molar-refractivity contribution in [1.29, 1.82) is 0 Å². The number of aromatic nitrogens is 1. The predicted octanol–water partition coefficient (Wildman–Crippen LogP) is 4.31. The van der Waals surface area contributed by atoms with Gasteiger partial charge in [0.25, 0.3) is 0 Å². The van der Waals surface area contributed by atoms with Crippen LogP contribution >= 0.6 is 0 Å². The summed E-state index contributed by atoms with van der Waals surface area (Å²) < 4.78 is 0. The third-order valence-corrected chi connectivity index (χ3v) is 2.71. The predicted molar refractivity (Wildman–Crippen MR) is 62.5 cm³/mol. The lowest BCUT2D eigenvalue weighted by Gasteiger charge is -2.00. The van der Waals surface area contributed by atoms with Gasteiger partial charge < -0.3 is 4.98 Å². The number of H-pyrrole nitrogens is 1. The van der Waals surface area contributed by atoms with Gasteiger partial charge in [0, 0.05) is 11.9 Å². The summed E-state index contributed by atoms with van der Waals surface area (Å²) in [5.74, 6) is 0. The lowest BCUT2D eigenvalue weighted by atomic mass is 10.1. The van der Waals surface area contributed by atoms with Crippen LogP contribution in [0.15, 0.2) is 18.3 Å². The molecule has 0 fully saturated rings. The first-order valence-electron chi connectivity index (χ1n) is 6.05. The van der Waals surface area contributed by atoms with E-state index in [0.29, 0.717) is 0 Å². The van der Waals surface area contributed by atoms with Crippen LogP contribution in [0.1, 0.15) is 57.6 Å². The molecule has 0 unspecified atom stereocenters. The summed E-state index contributed by atoms with van der Waals surface area (Å²) >= 11 is 0. The Hall–Kier alpha value is -0.720. The summed E-state index contributed by atoms with van der Waals surface area (Å²) in [7, 11) is 0. The molecule has 1 aromatic rings. The zero-order chi connectivity index (χ0) is 10.1. The van der Waals surface area contributed by atoms with Crippen molar-refractivity contribution in [2.24, 2.45) is 0 Å². The van der Waals surface area contributed by atoms with Crippen LogP contribution in [0.4, 0.5) is 0 Å². The fourth-order valence-corrected chi connectivity index (χ4v) is 1.80. The molecular weight excluding hydrogens is 170 g/mol. The van der Waals surface area contributed by atoms with Gasteiger partial charge in [0.05, 0.1) is 0 Å². The van der Waals surface area contributed by atoms with E-state index in [-0.39, 0.29) is 0 Å². The van der Waals surface area contributed by atoms with Crippen molar-refractivity contribution in [2.75, 3.05) is 0 Å². The van der Waals surface area contributed by atoms with E-state index >= 15 is 0 Å². The first kappa shape index (κ1) is 11.4. The average molecular weight is 193 g/mol. The van der Waals surface area contributed by atoms with E-state index in [1.165, 1.54) is 57.1 Å². The Balaban J connectivity index is 1.85. The van der Waals surface area contributed by atoms with Crippen LogP contribution in [-0.2, 0) is 6.42 Å². The number of hydrogen-bond donors (Lipinski definition) is 1. The maximum Gasteiger partial charge on any atom is 0.0147 e. The molecule has 0 aliphatic rings. The molecular formula is C13H23N. The molecule has 1 heteroatoms. The smallest absolute Gasteiger partial charge is 0.0147 e. The zero-order valence-electron chi connectivity index (χ0n) is 9.39. The molecule has 0 amide bonds. The first-order valence-corrected chi connectivity index (χ1v) is 6.05. The van der Waals surface area contributed by atoms with Gasteiger partial charge in [0.2, 0.25) is 0 Å². The highest BCUT2D eigenvalue weighted by molar-refractivity contribution is 5.03. The number of hydrogen-bond acceptors (Lipinski definition) is 0. The Labute approximate surface area is 87.9 Å². The maximum atomic E-state index is 3.25. The van der Waals surface area contributed by atoms with Crippen molar-refractivity contribution in [3.63, 3.8) is 0 Å². The van der Waals surface area contributed by atoms with Crippen LogP contribution in [0, 0.1) is 0 Å². The summed E-state index contributed by atoms with van der Waals surface area (Å²) in [6.07, 6.45) is 13.0. The molecule has 0 saturated heterocycles. The van der Waals surface area contributed by atoms with Crippen molar-refractivity contribution in [3.8, 4) is 0 Å². The molecule has 0 aliphatic heterocycles. The van der Waals surface area contributed by atoms with Crippen LogP contribution in [0.3, 0.4) is 0 Å². The zero-order valence-corrected chi connectivity index (χ0v) is 9.39. The summed E-state index contributed by atoms with van der Waals surface area (Å²) in [6, 6.07) is 4.26. The average Bonchev–Trinajstić information content (AvgIpc) is 2.69. The molecule has 0 atom stereocenters. The first-order chi connectivity index (χ1) is 6.93. The fraction of sp³-hybridized carbons (Fsp3) is 0.692. The second-order valence-electron chi connectivity index (χ2n) is 4.07. The third-order valence-electron chi connectivity index (χ3n) is 2.71. The van der Waals surface area contributed by atoms with E-state index in [1.807, 2.05) is 6.20 Å². The van der Waals surface area contributed by atoms with E-state index in [4.69, 9.17) is 0 Å². The topological polar surface area (TPSA) is 15.8 Å². The van der Waals surface area contributed by atoms with Gasteiger partial charge in [-0.15, -0.1) is 0 Å². The molecule has 80 valence electrons. The van der Waals surface area contributed by atoms with Crippen molar-refractivity contribution in [2.45, 2.75) is 58.3 Å². The van der Waals surface area contributed by atoms with E-state index in [2.05, 4.69) is 24.0 Å². The van der Waals surface area contributed by atoms with Gasteiger partial charge in [0.1, 0.15) is 0 Å². The van der Waals surface area contributed by atoms with E-state index in [9.17, 15) is 0 Å². The van der Waals surface area contributed by atoms with E-state index < -0.39 is 0 Å². The van der Waals surface area contributed by atoms with Gasteiger partial charge in [-0.1, -0.05) is 45.4 Å². The Kier molecular flexibility index (Phi) is 6.21. The van der Waals surface area contributed by atoms with Crippen LogP contribution < -0.4 is 0 Å². The van der Waals surface area contributed by atoms with Gasteiger partial charge in [-0.3, -0.25) is 0 Å². The van der Waals surface area contributed by atoms with Crippen molar-refractivity contribution >= 4 is 0 Å². The Bertz CT molecular complexity index is 201. The number of aryl methyl sites for hydroxylation is 1. The number of aromatic amines is 1. The molecule has 0 bridgehead atoms. The van der Waals surface area contributed by atoms with Gasteiger partial charge in [0.15, 0.2) is 0 Å². The van der Waals surface area contributed by atoms with E-state index in [1.54, 1.807) is 0 Å². The molecule has 1 heterocycles. The number of nitrogens with one attached hydrogen (secondary N) is 1. The minimum atomic E-state index is 1.22. The standard InChI is InChI=1S/C13H23N/c1-2-3-4-5-6-7-8-10-13-11-9-12-14-13/h9,11-12,14H,2-8,10H2,1H3. The second-order valence-corrected chi connectivity index (χ2v) is 4.07. The largest absolute Gasteiger partial charge is 0.365 e. The van der Waals surface area contributed by atoms with Crippen LogP contribution in [0.5, 0.6) is 0 Å². The second kappa shape index (κ2) is 7.66. The molecule has 1 rings (SSSR count). The molecule has 0 aliphatic carbocycles. The van der Waals surface area contributed by atoms with Gasteiger partial charge >= 0.3 is 0 Å². The van der Waals surface area contributed by atoms with Crippen molar-refractivity contribution in [3.05, 3.63) is 24.0 Å². The van der Waals surface area contributed by atoms with Gasteiger partial charge in [-0.2, -0.15) is 0 Å². The Morgan fingerprint density at radius 3 is 2.36 bits per heavy atom. The monoisotopic (exact) mass is 193 g/mol. The van der Waals surface area contributed by atoms with Crippen molar-refractivity contribution in [1.82, 2.24) is 4.98 Å². The molecule has 1 nitrogen and oxygen atoms in total. The Morgan fingerprint density at radius 2 is 1.71 bits per heavy atom. The lowest BCUT2D eigenvalue weighted by molar-refractivity contribution is 0.587. The normalized spacial score (nSPS) is 10.6. The fourth-order valence-electron chi connectivity index (χ4n) is 1.80. The number of rotatable bonds is 8. The molecule has 14 heavy (non-hydrogen) atoms. The maximum absolute atomic E-state index is 3.25. The highest BCUT2D eigenvalue weighted by Gasteiger charge is 1.93. The van der Waals surface area contributed by atoms with E-state index in [0.717, 1.165) is 0 Å². The minimum absolute atomic E-state index is 1.22. The SMILES string of the molecule is CCCCCCCCCc1ccc[nH]1. The van der Waals surface area contributed by atoms with Crippen LogP contribution in [0.2, 0.25) is 0 Å². The molecule has 0 saturated carbocycles. The Morgan fingerprint density at radius 1 is 1.00 bits per heavy atom. The summed E-state index contributed by atoms with van der Waals surface area (Å²) in [5.41, 5.74) is 1.39. The quantitative estimate of drug-likeness (QED) is 0.592. The van der Waals surface area contributed by atoms with Crippen LogP contribution in [0.25, 0.3) is 0 Å². The minimum Gasteiger partial charge on any atom is -0.365 e. The number of unbranched alkanes of at least 4 members (excludes halogenated alkanes) is 6. The van der Waals surface area contributed by atoms with Gasteiger partial charge in [-0.25, -0.2) is 0 Å². The highest BCUT2D eigenvalue weighted by Crippen LogP contribution is 2.09.